The van der Waals surface area contributed by atoms with Crippen molar-refractivity contribution in [1.29, 1.82) is 0 Å². The third-order valence-corrected chi connectivity index (χ3v) is 3.41. The van der Waals surface area contributed by atoms with Crippen molar-refractivity contribution in [2.75, 3.05) is 6.54 Å². The van der Waals surface area contributed by atoms with Crippen LogP contribution in [0.25, 0.3) is 11.0 Å². The zero-order valence-electron chi connectivity index (χ0n) is 12.4. The van der Waals surface area contributed by atoms with Crippen LogP contribution >= 0.6 is 0 Å². The number of fused-ring (bicyclic) bond motifs is 1. The highest BCUT2D eigenvalue weighted by Gasteiger charge is 2.14. The summed E-state index contributed by atoms with van der Waals surface area (Å²) >= 11 is 0. The summed E-state index contributed by atoms with van der Waals surface area (Å²) in [6.45, 7) is 9.29. The average molecular weight is 269 g/mol. The Morgan fingerprint density at radius 1 is 1.30 bits per heavy atom. The van der Waals surface area contributed by atoms with Gasteiger partial charge in [-0.1, -0.05) is 24.6 Å². The molecule has 3 heteroatoms. The van der Waals surface area contributed by atoms with Crippen LogP contribution in [0.2, 0.25) is 0 Å². The van der Waals surface area contributed by atoms with Crippen molar-refractivity contribution in [2.45, 2.75) is 39.2 Å². The number of nitrogens with one attached hydrogen (secondary N) is 1. The SMILES string of the molecule is C=C(C)CCC(NCCC)c1cccc2nccnc12. The van der Waals surface area contributed by atoms with Crippen molar-refractivity contribution >= 4 is 11.0 Å². The molecule has 1 atom stereocenters. The lowest BCUT2D eigenvalue weighted by Gasteiger charge is -2.20. The van der Waals surface area contributed by atoms with Gasteiger partial charge in [0.05, 0.1) is 11.0 Å². The third-order valence-electron chi connectivity index (χ3n) is 3.41. The minimum Gasteiger partial charge on any atom is -0.310 e. The van der Waals surface area contributed by atoms with Crippen LogP contribution in [0.4, 0.5) is 0 Å². The van der Waals surface area contributed by atoms with Gasteiger partial charge in [-0.25, -0.2) is 0 Å². The molecule has 1 unspecified atom stereocenters. The van der Waals surface area contributed by atoms with E-state index >= 15 is 0 Å². The van der Waals surface area contributed by atoms with Crippen molar-refractivity contribution in [1.82, 2.24) is 15.3 Å². The van der Waals surface area contributed by atoms with Gasteiger partial charge in [0, 0.05) is 18.4 Å². The Hall–Kier alpha value is -1.74. The summed E-state index contributed by atoms with van der Waals surface area (Å²) in [5, 5.41) is 3.62. The average Bonchev–Trinajstić information content (AvgIpc) is 2.47. The van der Waals surface area contributed by atoms with E-state index < -0.39 is 0 Å². The summed E-state index contributed by atoms with van der Waals surface area (Å²) in [6, 6.07) is 6.55. The highest BCUT2D eigenvalue weighted by Crippen LogP contribution is 2.25. The van der Waals surface area contributed by atoms with Crippen molar-refractivity contribution in [3.63, 3.8) is 0 Å². The lowest BCUT2D eigenvalue weighted by molar-refractivity contribution is 0.501. The maximum absolute atomic E-state index is 4.51. The van der Waals surface area contributed by atoms with E-state index in [0.717, 1.165) is 36.8 Å². The first-order chi connectivity index (χ1) is 9.72. The van der Waals surface area contributed by atoms with E-state index in [1.165, 1.54) is 11.1 Å². The number of allylic oxidation sites excluding steroid dienone is 1. The molecular weight excluding hydrogens is 246 g/mol. The zero-order chi connectivity index (χ0) is 14.4. The summed E-state index contributed by atoms with van der Waals surface area (Å²) in [6.07, 6.45) is 6.71. The fourth-order valence-corrected chi connectivity index (χ4v) is 2.37. The summed E-state index contributed by atoms with van der Waals surface area (Å²) < 4.78 is 0. The van der Waals surface area contributed by atoms with Crippen LogP contribution in [0, 0.1) is 0 Å². The van der Waals surface area contributed by atoms with Gasteiger partial charge in [-0.2, -0.15) is 0 Å². The molecule has 2 aromatic rings. The van der Waals surface area contributed by atoms with Gasteiger partial charge in [0.25, 0.3) is 0 Å². The lowest BCUT2D eigenvalue weighted by atomic mass is 9.98. The van der Waals surface area contributed by atoms with Crippen LogP contribution < -0.4 is 5.32 Å². The fourth-order valence-electron chi connectivity index (χ4n) is 2.37. The molecule has 0 amide bonds. The van der Waals surface area contributed by atoms with Crippen LogP contribution in [-0.2, 0) is 0 Å². The second-order valence-corrected chi connectivity index (χ2v) is 5.27. The van der Waals surface area contributed by atoms with E-state index in [0.29, 0.717) is 6.04 Å². The Bertz CT molecular complexity index is 572. The van der Waals surface area contributed by atoms with E-state index in [9.17, 15) is 0 Å². The zero-order valence-corrected chi connectivity index (χ0v) is 12.4. The van der Waals surface area contributed by atoms with E-state index in [1.807, 2.05) is 6.07 Å². The molecule has 2 rings (SSSR count). The Balaban J connectivity index is 2.31. The molecule has 20 heavy (non-hydrogen) atoms. The van der Waals surface area contributed by atoms with E-state index in [-0.39, 0.29) is 0 Å². The van der Waals surface area contributed by atoms with Crippen LogP contribution in [-0.4, -0.2) is 16.5 Å². The third kappa shape index (κ3) is 3.64. The Morgan fingerprint density at radius 3 is 2.85 bits per heavy atom. The quantitative estimate of drug-likeness (QED) is 0.771. The first-order valence-corrected chi connectivity index (χ1v) is 7.29. The molecule has 0 saturated heterocycles. The van der Waals surface area contributed by atoms with E-state index in [1.54, 1.807) is 12.4 Å². The van der Waals surface area contributed by atoms with Gasteiger partial charge in [0.2, 0.25) is 0 Å². The second-order valence-electron chi connectivity index (χ2n) is 5.27. The van der Waals surface area contributed by atoms with E-state index in [4.69, 9.17) is 0 Å². The van der Waals surface area contributed by atoms with Crippen LogP contribution in [0.1, 0.15) is 44.7 Å². The van der Waals surface area contributed by atoms with Gasteiger partial charge >= 0.3 is 0 Å². The highest BCUT2D eigenvalue weighted by atomic mass is 14.9. The molecule has 0 bridgehead atoms. The molecule has 1 N–H and O–H groups in total. The molecule has 0 spiro atoms. The summed E-state index contributed by atoms with van der Waals surface area (Å²) in [5.74, 6) is 0. The van der Waals surface area contributed by atoms with Crippen molar-refractivity contribution < 1.29 is 0 Å². The Labute approximate surface area is 121 Å². The Kier molecular flexibility index (Phi) is 5.24. The summed E-state index contributed by atoms with van der Waals surface area (Å²) in [4.78, 5) is 8.90. The van der Waals surface area contributed by atoms with Gasteiger partial charge in [-0.05, 0) is 44.4 Å². The summed E-state index contributed by atoms with van der Waals surface area (Å²) in [5.41, 5.74) is 4.43. The second kappa shape index (κ2) is 7.15. The topological polar surface area (TPSA) is 37.8 Å². The summed E-state index contributed by atoms with van der Waals surface area (Å²) in [7, 11) is 0. The largest absolute Gasteiger partial charge is 0.310 e. The number of rotatable bonds is 7. The first kappa shape index (κ1) is 14.7. The number of nitrogens with zero attached hydrogens (tertiary/aromatic N) is 2. The van der Waals surface area contributed by atoms with Crippen LogP contribution in [0.5, 0.6) is 0 Å². The molecule has 1 aromatic heterocycles. The predicted molar refractivity (Wildman–Crippen MR) is 84.6 cm³/mol. The lowest BCUT2D eigenvalue weighted by Crippen LogP contribution is -2.22. The van der Waals surface area contributed by atoms with Gasteiger partial charge in [0.1, 0.15) is 0 Å². The first-order valence-electron chi connectivity index (χ1n) is 7.29. The molecule has 1 aromatic carbocycles. The molecule has 106 valence electrons. The fraction of sp³-hybridized carbons (Fsp3) is 0.412. The highest BCUT2D eigenvalue weighted by molar-refractivity contribution is 5.78. The molecule has 1 heterocycles. The van der Waals surface area contributed by atoms with Crippen LogP contribution in [0.3, 0.4) is 0 Å². The maximum Gasteiger partial charge on any atom is 0.0934 e. The number of benzene rings is 1. The predicted octanol–water partition coefficient (Wildman–Crippen LogP) is 4.03. The smallest absolute Gasteiger partial charge is 0.0934 e. The van der Waals surface area contributed by atoms with Crippen LogP contribution in [0.15, 0.2) is 42.7 Å². The number of hydrogen-bond donors (Lipinski definition) is 1. The number of hydrogen-bond acceptors (Lipinski definition) is 3. The van der Waals surface area contributed by atoms with Gasteiger partial charge in [-0.15, -0.1) is 6.58 Å². The van der Waals surface area contributed by atoms with Crippen molar-refractivity contribution in [2.24, 2.45) is 0 Å². The number of aromatic nitrogens is 2. The van der Waals surface area contributed by atoms with Crippen molar-refractivity contribution in [3.05, 3.63) is 48.3 Å². The Morgan fingerprint density at radius 2 is 2.10 bits per heavy atom. The van der Waals surface area contributed by atoms with Gasteiger partial charge in [-0.3, -0.25) is 9.97 Å². The van der Waals surface area contributed by atoms with Crippen molar-refractivity contribution in [3.8, 4) is 0 Å². The maximum atomic E-state index is 4.51. The normalized spacial score (nSPS) is 12.5. The van der Waals surface area contributed by atoms with Gasteiger partial charge in [0.15, 0.2) is 0 Å². The van der Waals surface area contributed by atoms with E-state index in [2.05, 4.69) is 47.8 Å². The minimum atomic E-state index is 0.312. The molecule has 0 aliphatic heterocycles. The molecular formula is C17H23N3. The molecule has 0 aliphatic carbocycles. The number of para-hydroxylation sites is 1. The molecule has 0 saturated carbocycles. The van der Waals surface area contributed by atoms with Gasteiger partial charge < -0.3 is 5.32 Å². The molecule has 3 nitrogen and oxygen atoms in total. The monoisotopic (exact) mass is 269 g/mol. The molecule has 0 fully saturated rings. The molecule has 0 radical (unpaired) electrons. The standard InChI is InChI=1S/C17H23N3/c1-4-10-18-15(9-8-13(2)3)14-6-5-7-16-17(14)20-12-11-19-16/h5-7,11-12,15,18H,2,4,8-10H2,1,3H3. The molecule has 0 aliphatic rings. The minimum absolute atomic E-state index is 0.312.